The Bertz CT molecular complexity index is 472. The van der Waals surface area contributed by atoms with Gasteiger partial charge in [-0.1, -0.05) is 24.6 Å². The lowest BCUT2D eigenvalue weighted by atomic mass is 10.1. The van der Waals surface area contributed by atoms with Crippen LogP contribution in [0, 0.1) is 6.92 Å². The highest BCUT2D eigenvalue weighted by atomic mass is 16.1. The second kappa shape index (κ2) is 8.30. The van der Waals surface area contributed by atoms with Gasteiger partial charge in [0, 0.05) is 30.7 Å². The second-order valence-corrected chi connectivity index (χ2v) is 6.35. The van der Waals surface area contributed by atoms with E-state index < -0.39 is 0 Å². The third-order valence-electron chi connectivity index (χ3n) is 4.43. The summed E-state index contributed by atoms with van der Waals surface area (Å²) >= 11 is 0. The second-order valence-electron chi connectivity index (χ2n) is 6.35. The number of nitrogens with zero attached hydrogens (tertiary/aromatic N) is 1. The minimum absolute atomic E-state index is 0.0719. The van der Waals surface area contributed by atoms with Crippen LogP contribution in [0.4, 0.5) is 5.69 Å². The molecule has 2 N–H and O–H groups in total. The molecule has 2 unspecified atom stereocenters. The van der Waals surface area contributed by atoms with Crippen molar-refractivity contribution in [3.05, 3.63) is 29.8 Å². The third-order valence-corrected chi connectivity index (χ3v) is 4.43. The van der Waals surface area contributed by atoms with E-state index in [1.165, 1.54) is 24.9 Å². The van der Waals surface area contributed by atoms with Crippen molar-refractivity contribution >= 4 is 11.6 Å². The van der Waals surface area contributed by atoms with Crippen molar-refractivity contribution in [1.29, 1.82) is 0 Å². The molecule has 1 amide bonds. The Kier molecular flexibility index (Phi) is 6.40. The van der Waals surface area contributed by atoms with Crippen LogP contribution in [0.25, 0.3) is 0 Å². The Labute approximate surface area is 134 Å². The van der Waals surface area contributed by atoms with Crippen LogP contribution in [0.15, 0.2) is 24.3 Å². The van der Waals surface area contributed by atoms with E-state index in [1.807, 2.05) is 31.2 Å². The van der Waals surface area contributed by atoms with Crippen molar-refractivity contribution in [3.8, 4) is 0 Å². The average Bonchev–Trinajstić information content (AvgIpc) is 2.95. The fourth-order valence-electron chi connectivity index (χ4n) is 3.08. The highest BCUT2D eigenvalue weighted by molar-refractivity contribution is 5.91. The number of nitrogens with one attached hydrogen (secondary N) is 2. The first kappa shape index (κ1) is 17.0. The van der Waals surface area contributed by atoms with Crippen LogP contribution in [-0.2, 0) is 4.79 Å². The summed E-state index contributed by atoms with van der Waals surface area (Å²) in [6.07, 6.45) is 3.07. The summed E-state index contributed by atoms with van der Waals surface area (Å²) in [6, 6.07) is 8.75. The zero-order chi connectivity index (χ0) is 15.9. The molecule has 0 saturated carbocycles. The molecule has 0 aromatic heterocycles. The van der Waals surface area contributed by atoms with Crippen molar-refractivity contribution in [1.82, 2.24) is 10.2 Å². The molecule has 1 aliphatic heterocycles. The van der Waals surface area contributed by atoms with Crippen molar-refractivity contribution in [3.63, 3.8) is 0 Å². The molecule has 1 aromatic rings. The van der Waals surface area contributed by atoms with Crippen LogP contribution in [-0.4, -0.2) is 42.5 Å². The summed E-state index contributed by atoms with van der Waals surface area (Å²) in [5.74, 6) is 0.0719. The number of aryl methyl sites for hydroxylation is 1. The Balaban J connectivity index is 1.71. The number of rotatable bonds is 7. The fourth-order valence-corrected chi connectivity index (χ4v) is 3.08. The topological polar surface area (TPSA) is 44.4 Å². The molecule has 0 spiro atoms. The van der Waals surface area contributed by atoms with Crippen molar-refractivity contribution in [2.24, 2.45) is 0 Å². The Morgan fingerprint density at radius 1 is 1.36 bits per heavy atom. The van der Waals surface area contributed by atoms with Crippen molar-refractivity contribution < 1.29 is 4.79 Å². The summed E-state index contributed by atoms with van der Waals surface area (Å²) in [5, 5.41) is 6.47. The molecule has 1 saturated heterocycles. The number of hydrogen-bond donors (Lipinski definition) is 2. The van der Waals surface area contributed by atoms with Gasteiger partial charge in [0.15, 0.2) is 0 Å². The molecule has 4 heteroatoms. The fraction of sp³-hybridized carbons (Fsp3) is 0.611. The Morgan fingerprint density at radius 3 is 2.77 bits per heavy atom. The van der Waals surface area contributed by atoms with Gasteiger partial charge in [-0.25, -0.2) is 0 Å². The van der Waals surface area contributed by atoms with E-state index in [4.69, 9.17) is 0 Å². The van der Waals surface area contributed by atoms with Crippen molar-refractivity contribution in [2.75, 3.05) is 25.0 Å². The summed E-state index contributed by atoms with van der Waals surface area (Å²) in [7, 11) is 0. The Hall–Kier alpha value is -1.39. The molecule has 2 atom stereocenters. The molecule has 1 fully saturated rings. The van der Waals surface area contributed by atoms with E-state index in [9.17, 15) is 4.79 Å². The SMILES string of the molecule is CCN1CCCC1CNC(C)CC(=O)Nc1ccc(C)cc1. The largest absolute Gasteiger partial charge is 0.326 e. The summed E-state index contributed by atoms with van der Waals surface area (Å²) in [5.41, 5.74) is 2.07. The van der Waals surface area contributed by atoms with Gasteiger partial charge >= 0.3 is 0 Å². The molecule has 122 valence electrons. The monoisotopic (exact) mass is 303 g/mol. The van der Waals surface area contributed by atoms with Gasteiger partial charge in [-0.3, -0.25) is 9.69 Å². The first-order chi connectivity index (χ1) is 10.6. The number of hydrogen-bond acceptors (Lipinski definition) is 3. The molecule has 4 nitrogen and oxygen atoms in total. The number of benzene rings is 1. The minimum atomic E-state index is 0.0719. The lowest BCUT2D eigenvalue weighted by molar-refractivity contribution is -0.116. The molecule has 0 radical (unpaired) electrons. The first-order valence-electron chi connectivity index (χ1n) is 8.42. The smallest absolute Gasteiger partial charge is 0.225 e. The molecule has 1 heterocycles. The number of likely N-dealkylation sites (N-methyl/N-ethyl adjacent to an activating group) is 1. The van der Waals surface area contributed by atoms with Gasteiger partial charge < -0.3 is 10.6 Å². The summed E-state index contributed by atoms with van der Waals surface area (Å²) in [6.45, 7) is 9.66. The maximum absolute atomic E-state index is 12.1. The van der Waals surface area contributed by atoms with Gasteiger partial charge in [0.2, 0.25) is 5.91 Å². The number of amides is 1. The predicted molar refractivity (Wildman–Crippen MR) is 92.2 cm³/mol. The highest BCUT2D eigenvalue weighted by Gasteiger charge is 2.23. The summed E-state index contributed by atoms with van der Waals surface area (Å²) in [4.78, 5) is 14.6. The number of carbonyl (C=O) groups excluding carboxylic acids is 1. The number of anilines is 1. The molecule has 0 aliphatic carbocycles. The molecule has 22 heavy (non-hydrogen) atoms. The lowest BCUT2D eigenvalue weighted by Gasteiger charge is -2.24. The Morgan fingerprint density at radius 2 is 2.09 bits per heavy atom. The highest BCUT2D eigenvalue weighted by Crippen LogP contribution is 2.16. The number of carbonyl (C=O) groups is 1. The lowest BCUT2D eigenvalue weighted by Crippen LogP contribution is -2.41. The maximum atomic E-state index is 12.1. The van der Waals surface area contributed by atoms with Gasteiger partial charge in [-0.05, 0) is 51.9 Å². The van der Waals surface area contributed by atoms with E-state index in [-0.39, 0.29) is 11.9 Å². The van der Waals surface area contributed by atoms with Crippen molar-refractivity contribution in [2.45, 2.75) is 52.1 Å². The van der Waals surface area contributed by atoms with E-state index in [2.05, 4.69) is 29.4 Å². The van der Waals surface area contributed by atoms with Crippen LogP contribution < -0.4 is 10.6 Å². The summed E-state index contributed by atoms with van der Waals surface area (Å²) < 4.78 is 0. The van der Waals surface area contributed by atoms with Crippen LogP contribution >= 0.6 is 0 Å². The molecular weight excluding hydrogens is 274 g/mol. The third kappa shape index (κ3) is 5.11. The van der Waals surface area contributed by atoms with Crippen LogP contribution in [0.2, 0.25) is 0 Å². The van der Waals surface area contributed by atoms with E-state index >= 15 is 0 Å². The van der Waals surface area contributed by atoms with Gasteiger partial charge in [0.1, 0.15) is 0 Å². The van der Waals surface area contributed by atoms with Gasteiger partial charge in [0.05, 0.1) is 0 Å². The van der Waals surface area contributed by atoms with Crippen LogP contribution in [0.3, 0.4) is 0 Å². The molecule has 1 aromatic carbocycles. The quantitative estimate of drug-likeness (QED) is 0.814. The molecule has 1 aliphatic rings. The zero-order valence-electron chi connectivity index (χ0n) is 14.1. The van der Waals surface area contributed by atoms with Gasteiger partial charge in [-0.15, -0.1) is 0 Å². The zero-order valence-corrected chi connectivity index (χ0v) is 14.1. The normalized spacial score (nSPS) is 20.0. The van der Waals surface area contributed by atoms with E-state index in [0.717, 1.165) is 18.8 Å². The minimum Gasteiger partial charge on any atom is -0.326 e. The molecule has 0 bridgehead atoms. The standard InChI is InChI=1S/C18H29N3O/c1-4-21-11-5-6-17(21)13-19-15(3)12-18(22)20-16-9-7-14(2)8-10-16/h7-10,15,17,19H,4-6,11-13H2,1-3H3,(H,20,22). The van der Waals surface area contributed by atoms with Gasteiger partial charge in [-0.2, -0.15) is 0 Å². The average molecular weight is 303 g/mol. The predicted octanol–water partition coefficient (Wildman–Crippen LogP) is 2.79. The maximum Gasteiger partial charge on any atom is 0.225 e. The van der Waals surface area contributed by atoms with E-state index in [1.54, 1.807) is 0 Å². The number of likely N-dealkylation sites (tertiary alicyclic amines) is 1. The first-order valence-corrected chi connectivity index (χ1v) is 8.42. The van der Waals surface area contributed by atoms with Crippen LogP contribution in [0.5, 0.6) is 0 Å². The molecular formula is C18H29N3O. The van der Waals surface area contributed by atoms with Gasteiger partial charge in [0.25, 0.3) is 0 Å². The molecule has 2 rings (SSSR count). The van der Waals surface area contributed by atoms with Crippen LogP contribution in [0.1, 0.15) is 38.7 Å². The van der Waals surface area contributed by atoms with E-state index in [0.29, 0.717) is 12.5 Å².